The summed E-state index contributed by atoms with van der Waals surface area (Å²) in [5.41, 5.74) is 1.12. The second-order valence-electron chi connectivity index (χ2n) is 6.62. The maximum atomic E-state index is 11.4. The highest BCUT2D eigenvalue weighted by atomic mass is 16.5. The molecule has 0 radical (unpaired) electrons. The fourth-order valence-electron chi connectivity index (χ4n) is 2.44. The van der Waals surface area contributed by atoms with Gasteiger partial charge in [0.1, 0.15) is 12.6 Å². The quantitative estimate of drug-likeness (QED) is 0.925. The number of aliphatic imine (C=N–C) groups is 1. The van der Waals surface area contributed by atoms with Crippen LogP contribution in [0.3, 0.4) is 0 Å². The molecule has 1 N–H and O–H groups in total. The Labute approximate surface area is 126 Å². The average molecular weight is 288 g/mol. The van der Waals surface area contributed by atoms with Crippen molar-refractivity contribution in [2.75, 3.05) is 6.61 Å². The fraction of sp³-hybridized carbons (Fsp3) is 0.529. The first-order valence-electron chi connectivity index (χ1n) is 7.38. The molecule has 4 heteroatoms. The first-order chi connectivity index (χ1) is 9.86. The summed E-state index contributed by atoms with van der Waals surface area (Å²) in [6.45, 7) is 8.32. The lowest BCUT2D eigenvalue weighted by Crippen LogP contribution is -2.48. The van der Waals surface area contributed by atoms with E-state index < -0.39 is 0 Å². The third-order valence-corrected chi connectivity index (χ3v) is 3.51. The number of hydrogen-bond donors (Lipinski definition) is 1. The number of carbonyl (C=O) groups is 1. The molecule has 2 rings (SSSR count). The minimum absolute atomic E-state index is 0.0623. The van der Waals surface area contributed by atoms with E-state index in [1.807, 2.05) is 18.2 Å². The van der Waals surface area contributed by atoms with Gasteiger partial charge < -0.3 is 10.1 Å². The van der Waals surface area contributed by atoms with E-state index in [0.29, 0.717) is 12.5 Å². The van der Waals surface area contributed by atoms with Gasteiger partial charge in [-0.05, 0) is 17.4 Å². The Balaban J connectivity index is 2.09. The molecule has 1 unspecified atom stereocenters. The molecule has 0 fully saturated rings. The smallest absolute Gasteiger partial charge is 0.217 e. The Hall–Kier alpha value is -1.84. The van der Waals surface area contributed by atoms with Crippen molar-refractivity contribution in [3.8, 4) is 0 Å². The highest BCUT2D eigenvalue weighted by molar-refractivity contribution is 5.88. The van der Waals surface area contributed by atoms with Gasteiger partial charge in [0.15, 0.2) is 0 Å². The zero-order chi connectivity index (χ0) is 15.5. The van der Waals surface area contributed by atoms with Gasteiger partial charge in [0, 0.05) is 6.92 Å². The molecule has 1 amide bonds. The summed E-state index contributed by atoms with van der Waals surface area (Å²) in [5.74, 6) is 0.589. The first-order valence-corrected chi connectivity index (χ1v) is 7.38. The standard InChI is InChI=1S/C17H24N2O2/c1-12(20)18-15(17(2,3)4)16-19-14(11-21-16)10-13-8-6-5-7-9-13/h5-9,14-15H,10-11H2,1-4H3,(H,18,20)/t14-,15?/m1/s1. The molecule has 2 atom stereocenters. The molecule has 1 aromatic rings. The van der Waals surface area contributed by atoms with Crippen molar-refractivity contribution in [1.82, 2.24) is 5.32 Å². The van der Waals surface area contributed by atoms with Crippen molar-refractivity contribution in [2.45, 2.75) is 46.2 Å². The van der Waals surface area contributed by atoms with Gasteiger partial charge >= 0.3 is 0 Å². The maximum absolute atomic E-state index is 11.4. The summed E-state index contributed by atoms with van der Waals surface area (Å²) in [6, 6.07) is 10.2. The summed E-state index contributed by atoms with van der Waals surface area (Å²) in [7, 11) is 0. The van der Waals surface area contributed by atoms with E-state index >= 15 is 0 Å². The van der Waals surface area contributed by atoms with Gasteiger partial charge in [-0.25, -0.2) is 4.99 Å². The number of rotatable bonds is 4. The first kappa shape index (κ1) is 15.5. The Morgan fingerprint density at radius 3 is 2.62 bits per heavy atom. The van der Waals surface area contributed by atoms with Gasteiger partial charge in [-0.2, -0.15) is 0 Å². The number of nitrogens with one attached hydrogen (secondary N) is 1. The van der Waals surface area contributed by atoms with Gasteiger partial charge in [0.05, 0.1) is 6.04 Å². The minimum Gasteiger partial charge on any atom is -0.477 e. The molecule has 1 aliphatic rings. The van der Waals surface area contributed by atoms with E-state index in [-0.39, 0.29) is 23.4 Å². The topological polar surface area (TPSA) is 50.7 Å². The third-order valence-electron chi connectivity index (χ3n) is 3.51. The molecule has 0 spiro atoms. The molecule has 1 aromatic carbocycles. The largest absolute Gasteiger partial charge is 0.477 e. The van der Waals surface area contributed by atoms with Crippen molar-refractivity contribution in [2.24, 2.45) is 10.4 Å². The van der Waals surface area contributed by atoms with Crippen molar-refractivity contribution in [3.63, 3.8) is 0 Å². The maximum Gasteiger partial charge on any atom is 0.217 e. The van der Waals surface area contributed by atoms with E-state index in [1.165, 1.54) is 12.5 Å². The van der Waals surface area contributed by atoms with Gasteiger partial charge in [-0.1, -0.05) is 51.1 Å². The monoisotopic (exact) mass is 288 g/mol. The van der Waals surface area contributed by atoms with E-state index in [9.17, 15) is 4.79 Å². The van der Waals surface area contributed by atoms with Crippen LogP contribution in [0.5, 0.6) is 0 Å². The van der Waals surface area contributed by atoms with Crippen LogP contribution in [0, 0.1) is 5.41 Å². The van der Waals surface area contributed by atoms with Crippen LogP contribution in [0.2, 0.25) is 0 Å². The van der Waals surface area contributed by atoms with E-state index in [2.05, 4.69) is 43.2 Å². The van der Waals surface area contributed by atoms with Crippen LogP contribution in [0.4, 0.5) is 0 Å². The summed E-state index contributed by atoms with van der Waals surface area (Å²) >= 11 is 0. The molecule has 0 aliphatic carbocycles. The lowest BCUT2D eigenvalue weighted by Gasteiger charge is -2.30. The molecule has 0 bridgehead atoms. The lowest BCUT2D eigenvalue weighted by atomic mass is 9.86. The van der Waals surface area contributed by atoms with Crippen molar-refractivity contribution in [1.29, 1.82) is 0 Å². The van der Waals surface area contributed by atoms with Gasteiger partial charge in [-0.15, -0.1) is 0 Å². The normalized spacial score (nSPS) is 19.6. The highest BCUT2D eigenvalue weighted by Crippen LogP contribution is 2.24. The molecule has 1 aliphatic heterocycles. The summed E-state index contributed by atoms with van der Waals surface area (Å²) in [5, 5.41) is 2.95. The van der Waals surface area contributed by atoms with Gasteiger partial charge in [-0.3, -0.25) is 4.79 Å². The number of ether oxygens (including phenoxy) is 1. The summed E-state index contributed by atoms with van der Waals surface area (Å²) in [4.78, 5) is 16.1. The number of nitrogens with zero attached hydrogens (tertiary/aromatic N) is 1. The molecule has 1 heterocycles. The molecular formula is C17H24N2O2. The molecule has 0 saturated carbocycles. The number of carbonyl (C=O) groups excluding carboxylic acids is 1. The Morgan fingerprint density at radius 2 is 2.05 bits per heavy atom. The van der Waals surface area contributed by atoms with Crippen LogP contribution in [0.25, 0.3) is 0 Å². The molecule has 4 nitrogen and oxygen atoms in total. The van der Waals surface area contributed by atoms with Crippen LogP contribution in [-0.4, -0.2) is 30.5 Å². The molecule has 21 heavy (non-hydrogen) atoms. The van der Waals surface area contributed by atoms with Crippen molar-refractivity contribution in [3.05, 3.63) is 35.9 Å². The van der Waals surface area contributed by atoms with E-state index in [4.69, 9.17) is 4.74 Å². The second kappa shape index (κ2) is 6.29. The fourth-order valence-corrected chi connectivity index (χ4v) is 2.44. The summed E-state index contributed by atoms with van der Waals surface area (Å²) in [6.07, 6.45) is 0.862. The Kier molecular flexibility index (Phi) is 4.66. The zero-order valence-electron chi connectivity index (χ0n) is 13.2. The van der Waals surface area contributed by atoms with Crippen LogP contribution in [0.1, 0.15) is 33.3 Å². The predicted octanol–water partition coefficient (Wildman–Crippen LogP) is 2.58. The van der Waals surface area contributed by atoms with Crippen LogP contribution >= 0.6 is 0 Å². The number of benzene rings is 1. The molecular weight excluding hydrogens is 264 g/mol. The van der Waals surface area contributed by atoms with Gasteiger partial charge in [0.25, 0.3) is 0 Å². The van der Waals surface area contributed by atoms with Crippen molar-refractivity contribution >= 4 is 11.8 Å². The number of amides is 1. The third kappa shape index (κ3) is 4.31. The molecule has 0 saturated heterocycles. The molecule has 0 aromatic heterocycles. The zero-order valence-corrected chi connectivity index (χ0v) is 13.2. The SMILES string of the molecule is CC(=O)NC(C1=N[C@H](Cc2ccccc2)CO1)C(C)(C)C. The van der Waals surface area contributed by atoms with E-state index in [0.717, 1.165) is 6.42 Å². The second-order valence-corrected chi connectivity index (χ2v) is 6.62. The number of hydrogen-bond acceptors (Lipinski definition) is 3. The highest BCUT2D eigenvalue weighted by Gasteiger charge is 2.35. The average Bonchev–Trinajstić information content (AvgIpc) is 2.84. The Morgan fingerprint density at radius 1 is 1.38 bits per heavy atom. The Bertz CT molecular complexity index is 517. The van der Waals surface area contributed by atoms with Crippen LogP contribution < -0.4 is 5.32 Å². The van der Waals surface area contributed by atoms with Crippen molar-refractivity contribution < 1.29 is 9.53 Å². The summed E-state index contributed by atoms with van der Waals surface area (Å²) < 4.78 is 5.76. The van der Waals surface area contributed by atoms with Crippen LogP contribution in [0.15, 0.2) is 35.3 Å². The molecule has 114 valence electrons. The van der Waals surface area contributed by atoms with E-state index in [1.54, 1.807) is 0 Å². The van der Waals surface area contributed by atoms with Gasteiger partial charge in [0.2, 0.25) is 11.8 Å². The lowest BCUT2D eigenvalue weighted by molar-refractivity contribution is -0.119. The van der Waals surface area contributed by atoms with Crippen LogP contribution in [-0.2, 0) is 16.0 Å². The minimum atomic E-state index is -0.184. The predicted molar refractivity (Wildman–Crippen MR) is 84.4 cm³/mol.